The second-order valence-electron chi connectivity index (χ2n) is 17.2. The number of nitrogens with zero attached hydrogens (tertiary/aromatic N) is 6. The van der Waals surface area contributed by atoms with Gasteiger partial charge in [0.2, 0.25) is 0 Å². The van der Waals surface area contributed by atoms with E-state index in [0.29, 0.717) is 36.7 Å². The summed E-state index contributed by atoms with van der Waals surface area (Å²) in [6.07, 6.45) is -6.96. The van der Waals surface area contributed by atoms with Gasteiger partial charge in [-0.05, 0) is 134 Å². The molecule has 2 N–H and O–H groups in total. The van der Waals surface area contributed by atoms with Crippen molar-refractivity contribution in [3.8, 4) is 59.5 Å². The van der Waals surface area contributed by atoms with Crippen LogP contribution < -0.4 is 0 Å². The number of alkyl halides is 6. The standard InChI is InChI=1S/C24H20BrF3N2O3S2.C24H21F3N2O3S2.C2H3N.BHNS/c1-23(2,31)22-20(25)21(30(29-22)17-10-5-4-9-16(17)24(26,27)28)19-12-11-18(34-19)14-7-6-8-15(13-14)35(3,32)33;1-23(2,30)22-14-19(29(28-22)18-10-5-4-9-17(18)24(25,26)27)21-12-11-20(33-21)15-7-6-8-16(13-15)34(3,31)32;2*1-2-3/h4-13,31H,1-3H3;4-14,30H,1-3H3;1H3;3H. The Kier molecular flexibility index (Phi) is 19.0. The number of aliphatic hydroxyl groups is 2. The van der Waals surface area contributed by atoms with Crippen molar-refractivity contribution in [3.63, 3.8) is 0 Å². The van der Waals surface area contributed by atoms with Crippen molar-refractivity contribution in [2.45, 2.75) is 68.0 Å². The maximum absolute atomic E-state index is 13.8. The van der Waals surface area contributed by atoms with Gasteiger partial charge < -0.3 is 10.2 Å². The van der Waals surface area contributed by atoms with Gasteiger partial charge in [-0.15, -0.1) is 22.7 Å². The van der Waals surface area contributed by atoms with Crippen molar-refractivity contribution in [1.82, 2.24) is 19.6 Å². The third kappa shape index (κ3) is 14.8. The zero-order valence-electron chi connectivity index (χ0n) is 40.6. The van der Waals surface area contributed by atoms with Crippen LogP contribution in [0.5, 0.6) is 0 Å². The number of benzene rings is 4. The molecule has 0 aliphatic rings. The van der Waals surface area contributed by atoms with Gasteiger partial charge in [-0.25, -0.2) is 26.2 Å². The summed E-state index contributed by atoms with van der Waals surface area (Å²) < 4.78 is 136. The van der Waals surface area contributed by atoms with E-state index in [4.69, 9.17) is 5.26 Å². The molecule has 0 amide bonds. The molecule has 4 heterocycles. The molecule has 393 valence electrons. The molecule has 8 aromatic rings. The molecule has 0 fully saturated rings. The van der Waals surface area contributed by atoms with Crippen LogP contribution in [-0.4, -0.2) is 66.8 Å². The Morgan fingerprint density at radius 2 is 1.04 bits per heavy atom. The van der Waals surface area contributed by atoms with Crippen LogP contribution in [0.4, 0.5) is 26.3 Å². The molecule has 4 aromatic heterocycles. The summed E-state index contributed by atoms with van der Waals surface area (Å²) >= 11 is 9.20. The number of hydrogen-bond acceptors (Lipinski definition) is 13. The number of para-hydroxylation sites is 2. The van der Waals surface area contributed by atoms with Gasteiger partial charge in [0, 0.05) is 29.2 Å². The second kappa shape index (κ2) is 23.7. The van der Waals surface area contributed by atoms with Crippen LogP contribution in [0.1, 0.15) is 57.1 Å². The topological polar surface area (TPSA) is 181 Å². The average Bonchev–Trinajstić information content (AvgIpc) is 4.15. The van der Waals surface area contributed by atoms with Crippen LogP contribution >= 0.6 is 51.4 Å². The number of hydrogen-bond donors (Lipinski definition) is 3. The minimum absolute atomic E-state index is 0.158. The molecule has 0 unspecified atom stereocenters. The van der Waals surface area contributed by atoms with Crippen LogP contribution in [-0.2, 0) is 43.2 Å². The molecule has 1 radical (unpaired) electrons. The molecular formula is C50H45BBrF6N6O6S5. The van der Waals surface area contributed by atoms with E-state index >= 15 is 0 Å². The number of thiol groups is 1. The molecule has 12 nitrogen and oxygen atoms in total. The van der Waals surface area contributed by atoms with E-state index in [9.17, 15) is 53.4 Å². The van der Waals surface area contributed by atoms with Gasteiger partial charge in [0.05, 0.1) is 69.7 Å². The van der Waals surface area contributed by atoms with Crippen molar-refractivity contribution in [3.05, 3.63) is 154 Å². The fraction of sp³-hybridized carbons (Fsp3) is 0.220. The van der Waals surface area contributed by atoms with E-state index in [0.717, 1.165) is 34.4 Å². The third-order valence-corrected chi connectivity index (χ3v) is 15.7. The summed E-state index contributed by atoms with van der Waals surface area (Å²) in [5.74, 6) is 0. The van der Waals surface area contributed by atoms with E-state index in [1.807, 2.05) is 0 Å². The molecule has 75 heavy (non-hydrogen) atoms. The van der Waals surface area contributed by atoms with Gasteiger partial charge in [-0.2, -0.15) is 41.8 Å². The van der Waals surface area contributed by atoms with Crippen molar-refractivity contribution in [2.75, 3.05) is 12.5 Å². The molecule has 0 spiro atoms. The summed E-state index contributed by atoms with van der Waals surface area (Å²) in [6.45, 7) is 7.45. The fourth-order valence-corrected chi connectivity index (χ4v) is 11.5. The third-order valence-electron chi connectivity index (χ3n) is 10.4. The maximum atomic E-state index is 13.8. The molecule has 0 atom stereocenters. The first-order valence-electron chi connectivity index (χ1n) is 21.6. The Hall–Kier alpha value is -5.72. The van der Waals surface area contributed by atoms with E-state index in [1.54, 1.807) is 72.8 Å². The van der Waals surface area contributed by atoms with Crippen molar-refractivity contribution >= 4 is 78.7 Å². The number of halogens is 7. The van der Waals surface area contributed by atoms with Crippen LogP contribution in [0.25, 0.3) is 53.4 Å². The first-order chi connectivity index (χ1) is 34.8. The van der Waals surface area contributed by atoms with E-state index in [-0.39, 0.29) is 32.6 Å². The Labute approximate surface area is 452 Å². The number of nitriles is 1. The molecular weight excluding hydrogens is 1150 g/mol. The first kappa shape index (κ1) is 60.2. The van der Waals surface area contributed by atoms with Crippen LogP contribution in [0.3, 0.4) is 0 Å². The Morgan fingerprint density at radius 3 is 1.45 bits per heavy atom. The van der Waals surface area contributed by atoms with Crippen molar-refractivity contribution in [2.24, 2.45) is 4.30 Å². The molecule has 4 aromatic carbocycles. The Balaban J connectivity index is 0.000000251. The zero-order chi connectivity index (χ0) is 56.1. The van der Waals surface area contributed by atoms with Gasteiger partial charge in [-0.3, -0.25) is 0 Å². The predicted molar refractivity (Wildman–Crippen MR) is 287 cm³/mol. The number of thiophene rings is 2. The monoisotopic (exact) mass is 1190 g/mol. The first-order valence-corrected chi connectivity index (χ1v) is 28.2. The quantitative estimate of drug-likeness (QED) is 0.0682. The SMILES string of the molecule is CC#N.CC(C)(O)c1cc(-c2ccc(-c3cccc(S(C)(=O)=O)c3)s2)n(-c2ccccc2C(F)(F)F)n1.CC(C)(O)c1nn(-c2ccccc2C(F)(F)F)c(-c2ccc(-c3cccc(S(C)(=O)=O)c3)s2)c1Br.[B]=NS. The van der Waals surface area contributed by atoms with Gasteiger partial charge in [0.15, 0.2) is 19.7 Å². The van der Waals surface area contributed by atoms with Crippen LogP contribution in [0.15, 0.2) is 146 Å². The van der Waals surface area contributed by atoms with Gasteiger partial charge >= 0.3 is 37.1 Å². The molecule has 0 saturated carbocycles. The summed E-state index contributed by atoms with van der Waals surface area (Å²) in [7, 11) is -2.47. The molecule has 25 heteroatoms. The summed E-state index contributed by atoms with van der Waals surface area (Å²) in [4.78, 5) is 2.99. The fourth-order valence-electron chi connectivity index (χ4n) is 7.02. The minimum atomic E-state index is -4.62. The van der Waals surface area contributed by atoms with E-state index < -0.39 is 54.4 Å². The molecule has 0 aliphatic heterocycles. The normalized spacial score (nSPS) is 12.0. The summed E-state index contributed by atoms with van der Waals surface area (Å²) in [5, 5.41) is 37.1. The Morgan fingerprint density at radius 1 is 0.640 bits per heavy atom. The Bertz CT molecular complexity index is 3610. The van der Waals surface area contributed by atoms with Crippen LogP contribution in [0.2, 0.25) is 0 Å². The molecule has 0 aliphatic carbocycles. The zero-order valence-corrected chi connectivity index (χ0v) is 46.4. The number of sulfone groups is 2. The molecule has 8 rings (SSSR count). The molecule has 0 bridgehead atoms. The van der Waals surface area contributed by atoms with E-state index in [1.165, 1.54) is 115 Å². The van der Waals surface area contributed by atoms with Crippen molar-refractivity contribution < 1.29 is 53.4 Å². The second-order valence-corrected chi connectivity index (χ2v) is 24.4. The predicted octanol–water partition coefficient (Wildman–Crippen LogP) is 13.3. The summed E-state index contributed by atoms with van der Waals surface area (Å²) in [5.41, 5.74) is -2.42. The molecule has 0 saturated heterocycles. The van der Waals surface area contributed by atoms with E-state index in [2.05, 4.69) is 50.9 Å². The van der Waals surface area contributed by atoms with Crippen molar-refractivity contribution in [1.29, 1.82) is 5.26 Å². The summed E-state index contributed by atoms with van der Waals surface area (Å²) in [6, 6.07) is 33.5. The number of rotatable bonds is 10. The number of aromatic nitrogens is 4. The van der Waals surface area contributed by atoms with Gasteiger partial charge in [0.1, 0.15) is 16.9 Å². The van der Waals surface area contributed by atoms with Gasteiger partial charge in [0.25, 0.3) is 0 Å². The van der Waals surface area contributed by atoms with Gasteiger partial charge in [-0.1, -0.05) is 48.5 Å². The average molecular weight is 1190 g/mol. The van der Waals surface area contributed by atoms with Crippen LogP contribution in [0, 0.1) is 11.3 Å².